The summed E-state index contributed by atoms with van der Waals surface area (Å²) in [6.07, 6.45) is 3.70. The first-order valence-electron chi connectivity index (χ1n) is 9.04. The number of anilines is 1. The molecule has 0 atom stereocenters. The van der Waals surface area contributed by atoms with E-state index in [2.05, 4.69) is 34.8 Å². The zero-order chi connectivity index (χ0) is 18.2. The van der Waals surface area contributed by atoms with Gasteiger partial charge in [0.05, 0.1) is 6.10 Å². The standard InChI is InChI=1S/C18H29N5O2/c1-4-13(5-2)25-15-7-6-14(17(20-3)23-15)16(19)18(24)22-12-8-10-21-11-9-12/h6-7,12-13,19,21H,4-5,8-11H2,1-3H3,(H,20,23)(H,22,24). The van der Waals surface area contributed by atoms with Crippen molar-refractivity contribution in [2.75, 3.05) is 25.5 Å². The normalized spacial score (nSPS) is 15.0. The smallest absolute Gasteiger partial charge is 0.270 e. The van der Waals surface area contributed by atoms with E-state index in [4.69, 9.17) is 10.1 Å². The van der Waals surface area contributed by atoms with Crippen LogP contribution in [-0.4, -0.2) is 48.9 Å². The number of nitrogens with zero attached hydrogens (tertiary/aromatic N) is 1. The summed E-state index contributed by atoms with van der Waals surface area (Å²) >= 11 is 0. The van der Waals surface area contributed by atoms with E-state index < -0.39 is 0 Å². The van der Waals surface area contributed by atoms with Crippen LogP contribution in [-0.2, 0) is 4.79 Å². The second kappa shape index (κ2) is 9.36. The summed E-state index contributed by atoms with van der Waals surface area (Å²) in [6, 6.07) is 3.57. The first-order chi connectivity index (χ1) is 12.1. The molecule has 1 aliphatic heterocycles. The van der Waals surface area contributed by atoms with Gasteiger partial charge < -0.3 is 20.7 Å². The summed E-state index contributed by atoms with van der Waals surface area (Å²) in [7, 11) is 1.73. The van der Waals surface area contributed by atoms with Crippen LogP contribution in [0.1, 0.15) is 45.1 Å². The van der Waals surface area contributed by atoms with E-state index in [1.54, 1.807) is 19.2 Å². The number of hydrogen-bond acceptors (Lipinski definition) is 6. The van der Waals surface area contributed by atoms with E-state index in [-0.39, 0.29) is 23.8 Å². The van der Waals surface area contributed by atoms with Gasteiger partial charge in [0.1, 0.15) is 11.5 Å². The lowest BCUT2D eigenvalue weighted by molar-refractivity contribution is -0.115. The van der Waals surface area contributed by atoms with Crippen molar-refractivity contribution in [3.05, 3.63) is 17.7 Å². The van der Waals surface area contributed by atoms with Crippen molar-refractivity contribution in [2.24, 2.45) is 0 Å². The molecule has 1 saturated heterocycles. The Morgan fingerprint density at radius 1 is 1.36 bits per heavy atom. The van der Waals surface area contributed by atoms with Gasteiger partial charge in [-0.2, -0.15) is 4.98 Å². The van der Waals surface area contributed by atoms with Crippen molar-refractivity contribution in [3.63, 3.8) is 0 Å². The second-order valence-corrected chi connectivity index (χ2v) is 6.22. The van der Waals surface area contributed by atoms with Crippen LogP contribution in [0, 0.1) is 5.41 Å². The van der Waals surface area contributed by atoms with Gasteiger partial charge in [0.2, 0.25) is 5.88 Å². The van der Waals surface area contributed by atoms with Crippen molar-refractivity contribution >= 4 is 17.4 Å². The zero-order valence-corrected chi connectivity index (χ0v) is 15.3. The van der Waals surface area contributed by atoms with E-state index in [0.717, 1.165) is 38.8 Å². The van der Waals surface area contributed by atoms with Gasteiger partial charge in [-0.15, -0.1) is 0 Å². The average molecular weight is 347 g/mol. The predicted octanol–water partition coefficient (Wildman–Crippen LogP) is 1.93. The van der Waals surface area contributed by atoms with Crippen LogP contribution in [0.2, 0.25) is 0 Å². The molecule has 2 rings (SSSR count). The van der Waals surface area contributed by atoms with Crippen LogP contribution in [0.3, 0.4) is 0 Å². The van der Waals surface area contributed by atoms with Crippen molar-refractivity contribution in [2.45, 2.75) is 51.7 Å². The Morgan fingerprint density at radius 3 is 2.64 bits per heavy atom. The first kappa shape index (κ1) is 19.2. The molecule has 7 nitrogen and oxygen atoms in total. The summed E-state index contributed by atoms with van der Waals surface area (Å²) in [5.74, 6) is 0.626. The highest BCUT2D eigenvalue weighted by molar-refractivity contribution is 6.45. The molecule has 1 fully saturated rings. The number of carbonyl (C=O) groups excluding carboxylic acids is 1. The first-order valence-corrected chi connectivity index (χ1v) is 9.04. The highest BCUT2D eigenvalue weighted by atomic mass is 16.5. The minimum Gasteiger partial charge on any atom is -0.474 e. The molecule has 0 spiro atoms. The summed E-state index contributed by atoms with van der Waals surface area (Å²) in [6.45, 7) is 5.93. The molecule has 1 aliphatic rings. The number of aromatic nitrogens is 1. The third-order valence-electron chi connectivity index (χ3n) is 4.48. The molecule has 0 radical (unpaired) electrons. The fourth-order valence-corrected chi connectivity index (χ4v) is 2.87. The van der Waals surface area contributed by atoms with Crippen LogP contribution < -0.4 is 20.7 Å². The Morgan fingerprint density at radius 2 is 2.04 bits per heavy atom. The molecule has 1 amide bonds. The van der Waals surface area contributed by atoms with Crippen LogP contribution in [0.5, 0.6) is 5.88 Å². The van der Waals surface area contributed by atoms with Crippen molar-refractivity contribution in [3.8, 4) is 5.88 Å². The zero-order valence-electron chi connectivity index (χ0n) is 15.3. The molecule has 2 heterocycles. The SMILES string of the molecule is CCC(CC)Oc1ccc(C(=N)C(=O)NC2CCNCC2)c(NC)n1. The third-order valence-corrected chi connectivity index (χ3v) is 4.48. The number of nitrogens with one attached hydrogen (secondary N) is 4. The van der Waals surface area contributed by atoms with Crippen molar-refractivity contribution < 1.29 is 9.53 Å². The molecule has 4 N–H and O–H groups in total. The van der Waals surface area contributed by atoms with Gasteiger partial charge in [-0.05, 0) is 44.8 Å². The molecule has 0 bridgehead atoms. The molecule has 0 unspecified atom stereocenters. The van der Waals surface area contributed by atoms with E-state index >= 15 is 0 Å². The highest BCUT2D eigenvalue weighted by Crippen LogP contribution is 2.20. The lowest BCUT2D eigenvalue weighted by Crippen LogP contribution is -2.45. The van der Waals surface area contributed by atoms with Gasteiger partial charge in [0.25, 0.3) is 5.91 Å². The molecule has 0 aliphatic carbocycles. The topological polar surface area (TPSA) is 99.1 Å². The largest absolute Gasteiger partial charge is 0.474 e. The van der Waals surface area contributed by atoms with E-state index in [9.17, 15) is 4.79 Å². The van der Waals surface area contributed by atoms with Crippen LogP contribution in [0.4, 0.5) is 5.82 Å². The Bertz CT molecular complexity index is 595. The Balaban J connectivity index is 2.08. The maximum Gasteiger partial charge on any atom is 0.270 e. The number of amides is 1. The summed E-state index contributed by atoms with van der Waals surface area (Å²) in [4.78, 5) is 16.8. The molecule has 138 valence electrons. The summed E-state index contributed by atoms with van der Waals surface area (Å²) < 4.78 is 5.84. The predicted molar refractivity (Wildman–Crippen MR) is 99.6 cm³/mol. The Hall–Kier alpha value is -2.15. The maximum absolute atomic E-state index is 12.4. The average Bonchev–Trinajstić information content (AvgIpc) is 2.66. The lowest BCUT2D eigenvalue weighted by Gasteiger charge is -2.24. The third kappa shape index (κ3) is 5.16. The van der Waals surface area contributed by atoms with E-state index in [1.165, 1.54) is 0 Å². The molecule has 7 heteroatoms. The van der Waals surface area contributed by atoms with Gasteiger partial charge in [-0.3, -0.25) is 10.2 Å². The fraction of sp³-hybridized carbons (Fsp3) is 0.611. The van der Waals surface area contributed by atoms with Crippen molar-refractivity contribution in [1.82, 2.24) is 15.6 Å². The van der Waals surface area contributed by atoms with Gasteiger partial charge in [0.15, 0.2) is 0 Å². The quantitative estimate of drug-likeness (QED) is 0.539. The van der Waals surface area contributed by atoms with E-state index in [0.29, 0.717) is 17.3 Å². The monoisotopic (exact) mass is 347 g/mol. The molecule has 0 saturated carbocycles. The van der Waals surface area contributed by atoms with Crippen molar-refractivity contribution in [1.29, 1.82) is 5.41 Å². The molecular formula is C18H29N5O2. The summed E-state index contributed by atoms with van der Waals surface area (Å²) in [5, 5.41) is 17.4. The van der Waals surface area contributed by atoms with Crippen LogP contribution in [0.25, 0.3) is 0 Å². The van der Waals surface area contributed by atoms with Crippen LogP contribution >= 0.6 is 0 Å². The maximum atomic E-state index is 12.4. The second-order valence-electron chi connectivity index (χ2n) is 6.22. The Kier molecular flexibility index (Phi) is 7.18. The molecule has 1 aromatic heterocycles. The Labute approximate surface area is 149 Å². The van der Waals surface area contributed by atoms with Crippen LogP contribution in [0.15, 0.2) is 12.1 Å². The van der Waals surface area contributed by atoms with Gasteiger partial charge >= 0.3 is 0 Å². The number of piperidine rings is 1. The summed E-state index contributed by atoms with van der Waals surface area (Å²) in [5.41, 5.74) is 0.398. The number of pyridine rings is 1. The molecule has 25 heavy (non-hydrogen) atoms. The molecule has 1 aromatic rings. The van der Waals surface area contributed by atoms with Gasteiger partial charge in [-0.25, -0.2) is 0 Å². The number of carbonyl (C=O) groups is 1. The number of hydrogen-bond donors (Lipinski definition) is 4. The van der Waals surface area contributed by atoms with E-state index in [1.807, 2.05) is 0 Å². The van der Waals surface area contributed by atoms with Gasteiger partial charge in [-0.1, -0.05) is 13.8 Å². The molecular weight excluding hydrogens is 318 g/mol. The van der Waals surface area contributed by atoms with Gasteiger partial charge in [0, 0.05) is 24.7 Å². The highest BCUT2D eigenvalue weighted by Gasteiger charge is 2.21. The number of ether oxygens (including phenoxy) is 1. The minimum absolute atomic E-state index is 0.0792. The fourth-order valence-electron chi connectivity index (χ4n) is 2.87. The minimum atomic E-state index is -0.362. The lowest BCUT2D eigenvalue weighted by atomic mass is 10.1. The number of rotatable bonds is 8. The molecule has 0 aromatic carbocycles.